The van der Waals surface area contributed by atoms with E-state index in [-0.39, 0.29) is 12.1 Å². The van der Waals surface area contributed by atoms with Crippen LogP contribution in [-0.4, -0.2) is 59.3 Å². The summed E-state index contributed by atoms with van der Waals surface area (Å²) in [6.45, 7) is 5.48. The summed E-state index contributed by atoms with van der Waals surface area (Å²) in [4.78, 5) is 20.2. The van der Waals surface area contributed by atoms with Gasteiger partial charge in [0.05, 0.1) is 12.1 Å². The monoisotopic (exact) mass is 306 g/mol. The van der Waals surface area contributed by atoms with E-state index in [0.717, 1.165) is 31.7 Å². The van der Waals surface area contributed by atoms with Crippen LogP contribution in [0.1, 0.15) is 26.7 Å². The first-order chi connectivity index (χ1) is 10.3. The molecular formula is C16H26N4O2. The maximum absolute atomic E-state index is 12.1. The molecule has 1 aliphatic heterocycles. The number of rotatable bonds is 4. The molecular weight excluding hydrogens is 280 g/mol. The first-order valence-corrected chi connectivity index (χ1v) is 7.75. The number of amides is 2. The average Bonchev–Trinajstić information content (AvgIpc) is 2.47. The van der Waals surface area contributed by atoms with Crippen molar-refractivity contribution >= 4 is 11.8 Å². The molecule has 1 aromatic rings. The minimum Gasteiger partial charge on any atom is -0.389 e. The fourth-order valence-corrected chi connectivity index (χ4v) is 2.73. The molecule has 0 bridgehead atoms. The van der Waals surface area contributed by atoms with Crippen LogP contribution in [0.25, 0.3) is 0 Å². The Bertz CT molecular complexity index is 479. The molecule has 0 aliphatic carbocycles. The number of aromatic nitrogens is 1. The minimum atomic E-state index is -0.881. The third kappa shape index (κ3) is 4.87. The van der Waals surface area contributed by atoms with Gasteiger partial charge in [0.2, 0.25) is 0 Å². The number of nitrogens with one attached hydrogen (secondary N) is 1. The van der Waals surface area contributed by atoms with Crippen molar-refractivity contribution < 1.29 is 9.90 Å². The molecule has 0 aromatic carbocycles. The highest BCUT2D eigenvalue weighted by molar-refractivity contribution is 5.74. The Balaban J connectivity index is 1.79. The minimum absolute atomic E-state index is 0.126. The summed E-state index contributed by atoms with van der Waals surface area (Å²) in [5.41, 5.74) is -0.881. The lowest BCUT2D eigenvalue weighted by Crippen LogP contribution is -2.50. The van der Waals surface area contributed by atoms with Crippen LogP contribution in [0, 0.1) is 0 Å². The van der Waals surface area contributed by atoms with Crippen LogP contribution < -0.4 is 10.2 Å². The van der Waals surface area contributed by atoms with Crippen molar-refractivity contribution in [3.63, 3.8) is 0 Å². The molecule has 2 N–H and O–H groups in total. The normalized spacial score (nSPS) is 16.5. The smallest absolute Gasteiger partial charge is 0.317 e. The maximum Gasteiger partial charge on any atom is 0.317 e. The molecule has 0 radical (unpaired) electrons. The number of urea groups is 1. The van der Waals surface area contributed by atoms with Crippen molar-refractivity contribution in [1.29, 1.82) is 0 Å². The predicted octanol–water partition coefficient (Wildman–Crippen LogP) is 1.46. The number of carbonyl (C=O) groups is 1. The molecule has 2 rings (SSSR count). The van der Waals surface area contributed by atoms with E-state index in [2.05, 4.69) is 15.2 Å². The molecule has 1 aliphatic rings. The van der Waals surface area contributed by atoms with Gasteiger partial charge in [-0.15, -0.1) is 0 Å². The summed E-state index contributed by atoms with van der Waals surface area (Å²) < 4.78 is 0. The van der Waals surface area contributed by atoms with E-state index in [1.807, 2.05) is 18.2 Å². The zero-order valence-electron chi connectivity index (χ0n) is 13.6. The second-order valence-corrected chi connectivity index (χ2v) is 6.57. The van der Waals surface area contributed by atoms with E-state index in [4.69, 9.17) is 0 Å². The third-order valence-electron chi connectivity index (χ3n) is 3.77. The number of anilines is 1. The topological polar surface area (TPSA) is 68.7 Å². The predicted molar refractivity (Wildman–Crippen MR) is 86.9 cm³/mol. The molecule has 0 saturated carbocycles. The lowest BCUT2D eigenvalue weighted by atomic mass is 10.1. The first-order valence-electron chi connectivity index (χ1n) is 7.75. The summed E-state index contributed by atoms with van der Waals surface area (Å²) in [5, 5.41) is 12.8. The number of nitrogens with zero attached hydrogens (tertiary/aromatic N) is 3. The van der Waals surface area contributed by atoms with E-state index in [9.17, 15) is 9.90 Å². The van der Waals surface area contributed by atoms with Crippen LogP contribution in [0.2, 0.25) is 0 Å². The van der Waals surface area contributed by atoms with Crippen molar-refractivity contribution in [2.24, 2.45) is 0 Å². The van der Waals surface area contributed by atoms with Crippen molar-refractivity contribution in [3.05, 3.63) is 24.4 Å². The van der Waals surface area contributed by atoms with Crippen molar-refractivity contribution in [3.8, 4) is 0 Å². The number of likely N-dealkylation sites (N-methyl/N-ethyl adjacent to an activating group) is 1. The quantitative estimate of drug-likeness (QED) is 0.884. The van der Waals surface area contributed by atoms with Gasteiger partial charge >= 0.3 is 6.03 Å². The number of hydrogen-bond acceptors (Lipinski definition) is 4. The Morgan fingerprint density at radius 1 is 1.45 bits per heavy atom. The van der Waals surface area contributed by atoms with Gasteiger partial charge in [0.15, 0.2) is 0 Å². The van der Waals surface area contributed by atoms with E-state index >= 15 is 0 Å². The van der Waals surface area contributed by atoms with Crippen molar-refractivity contribution in [1.82, 2.24) is 15.2 Å². The summed E-state index contributed by atoms with van der Waals surface area (Å²) in [7, 11) is 1.70. The molecule has 2 amide bonds. The lowest BCUT2D eigenvalue weighted by molar-refractivity contribution is 0.0526. The average molecular weight is 306 g/mol. The number of piperidine rings is 1. The molecule has 0 unspecified atom stereocenters. The van der Waals surface area contributed by atoms with Gasteiger partial charge in [0.25, 0.3) is 0 Å². The van der Waals surface area contributed by atoms with Crippen LogP contribution in [-0.2, 0) is 0 Å². The van der Waals surface area contributed by atoms with Crippen LogP contribution in [0.3, 0.4) is 0 Å². The van der Waals surface area contributed by atoms with Gasteiger partial charge in [-0.3, -0.25) is 0 Å². The summed E-state index contributed by atoms with van der Waals surface area (Å²) in [6, 6.07) is 5.96. The Morgan fingerprint density at radius 3 is 2.68 bits per heavy atom. The second-order valence-electron chi connectivity index (χ2n) is 6.57. The molecule has 2 heterocycles. The third-order valence-corrected chi connectivity index (χ3v) is 3.77. The first kappa shape index (κ1) is 16.5. The molecule has 0 spiro atoms. The maximum atomic E-state index is 12.1. The van der Waals surface area contributed by atoms with Crippen LogP contribution in [0.5, 0.6) is 0 Å². The molecule has 1 aromatic heterocycles. The van der Waals surface area contributed by atoms with E-state index in [1.54, 1.807) is 27.1 Å². The fourth-order valence-electron chi connectivity index (χ4n) is 2.73. The number of carbonyl (C=O) groups excluding carboxylic acids is 1. The molecule has 122 valence electrons. The van der Waals surface area contributed by atoms with Crippen LogP contribution >= 0.6 is 0 Å². The van der Waals surface area contributed by atoms with Crippen molar-refractivity contribution in [2.75, 3.05) is 31.6 Å². The van der Waals surface area contributed by atoms with Gasteiger partial charge < -0.3 is 20.2 Å². The van der Waals surface area contributed by atoms with Crippen molar-refractivity contribution in [2.45, 2.75) is 38.3 Å². The van der Waals surface area contributed by atoms with Gasteiger partial charge in [-0.2, -0.15) is 0 Å². The van der Waals surface area contributed by atoms with Crippen LogP contribution in [0.4, 0.5) is 10.6 Å². The number of pyridine rings is 1. The largest absolute Gasteiger partial charge is 0.389 e. The zero-order chi connectivity index (χ0) is 16.2. The van der Waals surface area contributed by atoms with E-state index in [1.165, 1.54) is 4.90 Å². The Labute approximate surface area is 132 Å². The SMILES string of the molecule is CN(CC(C)(C)O)C(=O)NC1CCN(c2ccccn2)CC1. The molecule has 0 atom stereocenters. The molecule has 6 heteroatoms. The summed E-state index contributed by atoms with van der Waals surface area (Å²) in [5.74, 6) is 0.992. The molecule has 22 heavy (non-hydrogen) atoms. The molecule has 1 fully saturated rings. The summed E-state index contributed by atoms with van der Waals surface area (Å²) in [6.07, 6.45) is 3.60. The highest BCUT2D eigenvalue weighted by Crippen LogP contribution is 2.17. The second kappa shape index (κ2) is 6.96. The van der Waals surface area contributed by atoms with Gasteiger partial charge in [0.1, 0.15) is 5.82 Å². The lowest BCUT2D eigenvalue weighted by Gasteiger charge is -2.34. The van der Waals surface area contributed by atoms with Gasteiger partial charge in [-0.25, -0.2) is 9.78 Å². The van der Waals surface area contributed by atoms with Gasteiger partial charge in [-0.05, 0) is 38.8 Å². The van der Waals surface area contributed by atoms with E-state index < -0.39 is 5.60 Å². The molecule has 1 saturated heterocycles. The fraction of sp³-hybridized carbons (Fsp3) is 0.625. The van der Waals surface area contributed by atoms with E-state index in [0.29, 0.717) is 6.54 Å². The Hall–Kier alpha value is -1.82. The highest BCUT2D eigenvalue weighted by Gasteiger charge is 2.24. The molecule has 6 nitrogen and oxygen atoms in total. The van der Waals surface area contributed by atoms with Crippen LogP contribution in [0.15, 0.2) is 24.4 Å². The summed E-state index contributed by atoms with van der Waals surface area (Å²) >= 11 is 0. The van der Waals surface area contributed by atoms with Gasteiger partial charge in [0, 0.05) is 32.4 Å². The highest BCUT2D eigenvalue weighted by atomic mass is 16.3. The van der Waals surface area contributed by atoms with Gasteiger partial charge in [-0.1, -0.05) is 6.07 Å². The standard InChI is InChI=1S/C16H26N4O2/c1-16(2,22)12-19(3)15(21)18-13-7-10-20(11-8-13)14-6-4-5-9-17-14/h4-6,9,13,22H,7-8,10-12H2,1-3H3,(H,18,21). The number of aliphatic hydroxyl groups is 1. The zero-order valence-corrected chi connectivity index (χ0v) is 13.6. The number of hydrogen-bond donors (Lipinski definition) is 2. The Kier molecular flexibility index (Phi) is 5.24. The Morgan fingerprint density at radius 2 is 2.14 bits per heavy atom.